The predicted molar refractivity (Wildman–Crippen MR) is 65.1 cm³/mol. The van der Waals surface area contributed by atoms with Crippen LogP contribution in [0, 0.1) is 11.3 Å². The van der Waals surface area contributed by atoms with Crippen molar-refractivity contribution in [1.29, 1.82) is 5.26 Å². The maximum atomic E-state index is 8.79. The quantitative estimate of drug-likeness (QED) is 0.755. The lowest BCUT2D eigenvalue weighted by molar-refractivity contribution is 0.114. The highest BCUT2D eigenvalue weighted by Gasteiger charge is 2.18. The Morgan fingerprint density at radius 2 is 2.18 bits per heavy atom. The van der Waals surface area contributed by atoms with Gasteiger partial charge in [-0.1, -0.05) is 11.6 Å². The Balaban J connectivity index is 2.03. The number of nitriles is 1. The summed E-state index contributed by atoms with van der Waals surface area (Å²) in [5.41, 5.74) is 0.292. The monoisotopic (exact) mass is 251 g/mol. The Kier molecular flexibility index (Phi) is 3.82. The van der Waals surface area contributed by atoms with Crippen LogP contribution >= 0.6 is 11.6 Å². The van der Waals surface area contributed by atoms with Gasteiger partial charge >= 0.3 is 0 Å². The van der Waals surface area contributed by atoms with Crippen LogP contribution in [0.3, 0.4) is 0 Å². The molecule has 90 valence electrons. The molecule has 0 bridgehead atoms. The van der Waals surface area contributed by atoms with Crippen molar-refractivity contribution in [2.75, 3.05) is 20.1 Å². The van der Waals surface area contributed by atoms with Crippen molar-refractivity contribution in [2.45, 2.75) is 18.9 Å². The Morgan fingerprint density at radius 3 is 2.82 bits per heavy atom. The summed E-state index contributed by atoms with van der Waals surface area (Å²) >= 11 is 5.82. The van der Waals surface area contributed by atoms with E-state index in [1.54, 1.807) is 12.1 Å². The second-order valence-corrected chi connectivity index (χ2v) is 4.63. The van der Waals surface area contributed by atoms with Gasteiger partial charge in [0.05, 0.1) is 0 Å². The molecule has 4 nitrogen and oxygen atoms in total. The number of nitrogens with zero attached hydrogens (tertiary/aromatic N) is 3. The van der Waals surface area contributed by atoms with Gasteiger partial charge in [0.2, 0.25) is 0 Å². The van der Waals surface area contributed by atoms with Crippen LogP contribution in [0.1, 0.15) is 18.5 Å². The Morgan fingerprint density at radius 1 is 1.47 bits per heavy atom. The maximum absolute atomic E-state index is 8.79. The highest BCUT2D eigenvalue weighted by atomic mass is 35.5. The van der Waals surface area contributed by atoms with Crippen LogP contribution in [-0.2, 0) is 0 Å². The van der Waals surface area contributed by atoms with Crippen LogP contribution in [0.2, 0.25) is 5.15 Å². The lowest BCUT2D eigenvalue weighted by atomic mass is 10.1. The minimum absolute atomic E-state index is 0.205. The average Bonchev–Trinajstić information content (AvgIpc) is 2.31. The molecule has 2 rings (SSSR count). The molecule has 2 heterocycles. The standard InChI is InChI=1S/C12H14ClN3O/c1-16-4-2-10(3-5-16)17-11-6-9(8-14)15-12(13)7-11/h6-7,10H,2-5H2,1H3. The minimum atomic E-state index is 0.205. The number of aromatic nitrogens is 1. The van der Waals surface area contributed by atoms with Crippen molar-refractivity contribution in [2.24, 2.45) is 0 Å². The molecule has 1 aliphatic heterocycles. The van der Waals surface area contributed by atoms with E-state index in [4.69, 9.17) is 21.6 Å². The average molecular weight is 252 g/mol. The Hall–Kier alpha value is -1.31. The summed E-state index contributed by atoms with van der Waals surface area (Å²) in [5, 5.41) is 9.09. The van der Waals surface area contributed by atoms with Crippen LogP contribution in [0.15, 0.2) is 12.1 Å². The zero-order valence-corrected chi connectivity index (χ0v) is 10.4. The van der Waals surface area contributed by atoms with Gasteiger partial charge in [0.1, 0.15) is 28.8 Å². The van der Waals surface area contributed by atoms with Crippen LogP contribution in [0.4, 0.5) is 0 Å². The summed E-state index contributed by atoms with van der Waals surface area (Å²) < 4.78 is 5.82. The summed E-state index contributed by atoms with van der Waals surface area (Å²) in [4.78, 5) is 6.15. The van der Waals surface area contributed by atoms with E-state index in [0.29, 0.717) is 16.6 Å². The van der Waals surface area contributed by atoms with Crippen LogP contribution in [0.5, 0.6) is 5.75 Å². The zero-order valence-electron chi connectivity index (χ0n) is 9.69. The first-order valence-corrected chi connectivity index (χ1v) is 5.98. The van der Waals surface area contributed by atoms with Crippen molar-refractivity contribution < 1.29 is 4.74 Å². The number of rotatable bonds is 2. The van der Waals surface area contributed by atoms with E-state index in [1.807, 2.05) is 6.07 Å². The van der Waals surface area contributed by atoms with E-state index in [9.17, 15) is 0 Å². The van der Waals surface area contributed by atoms with Gasteiger partial charge in [0, 0.05) is 25.2 Å². The first-order chi connectivity index (χ1) is 8.17. The first-order valence-electron chi connectivity index (χ1n) is 5.60. The van der Waals surface area contributed by atoms with Gasteiger partial charge in [0.15, 0.2) is 0 Å². The largest absolute Gasteiger partial charge is 0.490 e. The summed E-state index contributed by atoms with van der Waals surface area (Å²) in [6.45, 7) is 2.07. The normalized spacial score (nSPS) is 17.7. The van der Waals surface area contributed by atoms with Gasteiger partial charge in [-0.25, -0.2) is 4.98 Å². The molecule has 0 saturated carbocycles. The number of pyridine rings is 1. The zero-order chi connectivity index (χ0) is 12.3. The number of piperidine rings is 1. The minimum Gasteiger partial charge on any atom is -0.490 e. The summed E-state index contributed by atoms with van der Waals surface area (Å²) in [6, 6.07) is 5.25. The highest BCUT2D eigenvalue weighted by Crippen LogP contribution is 2.21. The third-order valence-electron chi connectivity index (χ3n) is 2.85. The van der Waals surface area contributed by atoms with E-state index in [-0.39, 0.29) is 6.10 Å². The van der Waals surface area contributed by atoms with Crippen molar-refractivity contribution >= 4 is 11.6 Å². The second kappa shape index (κ2) is 5.35. The molecule has 0 radical (unpaired) electrons. The fourth-order valence-electron chi connectivity index (χ4n) is 1.89. The van der Waals surface area contributed by atoms with E-state index in [2.05, 4.69) is 16.9 Å². The van der Waals surface area contributed by atoms with Gasteiger partial charge in [-0.3, -0.25) is 0 Å². The van der Waals surface area contributed by atoms with Gasteiger partial charge in [-0.15, -0.1) is 0 Å². The lowest BCUT2D eigenvalue weighted by Crippen LogP contribution is -2.35. The molecule has 0 amide bonds. The molecule has 17 heavy (non-hydrogen) atoms. The third-order valence-corrected chi connectivity index (χ3v) is 3.04. The van der Waals surface area contributed by atoms with Gasteiger partial charge in [0.25, 0.3) is 0 Å². The van der Waals surface area contributed by atoms with Gasteiger partial charge < -0.3 is 9.64 Å². The van der Waals surface area contributed by atoms with Crippen molar-refractivity contribution in [3.05, 3.63) is 23.0 Å². The van der Waals surface area contributed by atoms with Crippen molar-refractivity contribution in [3.8, 4) is 11.8 Å². The summed E-state index contributed by atoms with van der Waals surface area (Å²) in [6.07, 6.45) is 2.20. The molecule has 0 unspecified atom stereocenters. The van der Waals surface area contributed by atoms with Gasteiger partial charge in [-0.05, 0) is 19.9 Å². The molecule has 1 aliphatic rings. The molecule has 5 heteroatoms. The Labute approximate surface area is 106 Å². The van der Waals surface area contributed by atoms with E-state index in [1.165, 1.54) is 0 Å². The van der Waals surface area contributed by atoms with Crippen LogP contribution in [-0.4, -0.2) is 36.1 Å². The van der Waals surface area contributed by atoms with Crippen molar-refractivity contribution in [1.82, 2.24) is 9.88 Å². The fourth-order valence-corrected chi connectivity index (χ4v) is 2.09. The molecule has 0 atom stereocenters. The third kappa shape index (κ3) is 3.32. The number of ether oxygens (including phenoxy) is 1. The molecule has 1 aromatic heterocycles. The molecule has 1 saturated heterocycles. The van der Waals surface area contributed by atoms with E-state index < -0.39 is 0 Å². The molecular weight excluding hydrogens is 238 g/mol. The maximum Gasteiger partial charge on any atom is 0.145 e. The number of likely N-dealkylation sites (tertiary alicyclic amines) is 1. The second-order valence-electron chi connectivity index (χ2n) is 4.24. The molecule has 1 aromatic rings. The number of halogens is 1. The SMILES string of the molecule is CN1CCC(Oc2cc(Cl)nc(C#N)c2)CC1. The molecule has 0 aromatic carbocycles. The predicted octanol–water partition coefficient (Wildman–Crippen LogP) is 2.08. The number of hydrogen-bond donors (Lipinski definition) is 0. The van der Waals surface area contributed by atoms with Gasteiger partial charge in [-0.2, -0.15) is 5.26 Å². The molecule has 0 spiro atoms. The lowest BCUT2D eigenvalue weighted by Gasteiger charge is -2.29. The van der Waals surface area contributed by atoms with Crippen LogP contribution < -0.4 is 4.74 Å². The fraction of sp³-hybridized carbons (Fsp3) is 0.500. The smallest absolute Gasteiger partial charge is 0.145 e. The Bertz CT molecular complexity index is 436. The van der Waals surface area contributed by atoms with Crippen molar-refractivity contribution in [3.63, 3.8) is 0 Å². The first kappa shape index (κ1) is 12.2. The summed E-state index contributed by atoms with van der Waals surface area (Å²) in [7, 11) is 2.10. The van der Waals surface area contributed by atoms with Crippen LogP contribution in [0.25, 0.3) is 0 Å². The van der Waals surface area contributed by atoms with E-state index in [0.717, 1.165) is 25.9 Å². The topological polar surface area (TPSA) is 49.1 Å². The number of hydrogen-bond acceptors (Lipinski definition) is 4. The highest BCUT2D eigenvalue weighted by molar-refractivity contribution is 6.29. The summed E-state index contributed by atoms with van der Waals surface area (Å²) in [5.74, 6) is 0.635. The molecule has 1 fully saturated rings. The molecule has 0 aliphatic carbocycles. The molecule has 0 N–H and O–H groups in total. The van der Waals surface area contributed by atoms with E-state index >= 15 is 0 Å². The molecular formula is C12H14ClN3O.